The van der Waals surface area contributed by atoms with Gasteiger partial charge in [0.25, 0.3) is 5.91 Å². The van der Waals surface area contributed by atoms with Crippen molar-refractivity contribution in [1.82, 2.24) is 4.90 Å². The summed E-state index contributed by atoms with van der Waals surface area (Å²) < 4.78 is 0.911. The standard InChI is InChI=1S/C18H17BrN2OS/c1-13-5-2-3-6-15(13)12-23-18-20-9-10-21(18)17(22)14-7-4-8-16(19)11-14/h2-8,11H,9-10,12H2,1H3. The fourth-order valence-electron chi connectivity index (χ4n) is 2.43. The number of rotatable bonds is 3. The SMILES string of the molecule is Cc1ccccc1CSC1=NCCN1C(=O)c1cccc(Br)c1. The molecule has 3 nitrogen and oxygen atoms in total. The predicted octanol–water partition coefficient (Wildman–Crippen LogP) is 4.50. The van der Waals surface area contributed by atoms with Crippen LogP contribution in [0.1, 0.15) is 21.5 Å². The Hall–Kier alpha value is -1.59. The first-order valence-corrected chi connectivity index (χ1v) is 9.22. The molecule has 0 spiro atoms. The highest BCUT2D eigenvalue weighted by molar-refractivity contribution is 9.10. The van der Waals surface area contributed by atoms with E-state index in [2.05, 4.69) is 40.0 Å². The van der Waals surface area contributed by atoms with Crippen LogP contribution >= 0.6 is 27.7 Å². The Morgan fingerprint density at radius 2 is 2.09 bits per heavy atom. The minimum atomic E-state index is 0.0137. The van der Waals surface area contributed by atoms with E-state index >= 15 is 0 Å². The third-order valence-electron chi connectivity index (χ3n) is 3.74. The van der Waals surface area contributed by atoms with Crippen molar-refractivity contribution in [3.63, 3.8) is 0 Å². The average Bonchev–Trinajstić information content (AvgIpc) is 3.02. The van der Waals surface area contributed by atoms with E-state index in [1.165, 1.54) is 11.1 Å². The summed E-state index contributed by atoms with van der Waals surface area (Å²) in [4.78, 5) is 19.0. The van der Waals surface area contributed by atoms with E-state index in [1.54, 1.807) is 16.7 Å². The van der Waals surface area contributed by atoms with Gasteiger partial charge in [0.05, 0.1) is 6.54 Å². The first-order chi connectivity index (χ1) is 11.1. The number of carbonyl (C=O) groups is 1. The van der Waals surface area contributed by atoms with Gasteiger partial charge in [0.15, 0.2) is 5.17 Å². The van der Waals surface area contributed by atoms with E-state index in [4.69, 9.17) is 0 Å². The van der Waals surface area contributed by atoms with E-state index in [9.17, 15) is 4.79 Å². The zero-order chi connectivity index (χ0) is 16.2. The number of halogens is 1. The summed E-state index contributed by atoms with van der Waals surface area (Å²) in [5.74, 6) is 0.841. The maximum atomic E-state index is 12.7. The highest BCUT2D eigenvalue weighted by Gasteiger charge is 2.25. The van der Waals surface area contributed by atoms with Gasteiger partial charge in [-0.2, -0.15) is 0 Å². The number of amidine groups is 1. The van der Waals surface area contributed by atoms with Crippen molar-refractivity contribution in [2.24, 2.45) is 4.99 Å². The molecule has 1 aliphatic rings. The van der Waals surface area contributed by atoms with E-state index in [0.29, 0.717) is 18.7 Å². The number of aliphatic imine (C=N–C) groups is 1. The van der Waals surface area contributed by atoms with Crippen LogP contribution in [-0.4, -0.2) is 29.1 Å². The van der Waals surface area contributed by atoms with Crippen LogP contribution in [0.15, 0.2) is 58.0 Å². The van der Waals surface area contributed by atoms with Gasteiger partial charge in [0.2, 0.25) is 0 Å². The molecule has 0 fully saturated rings. The van der Waals surface area contributed by atoms with Crippen molar-refractivity contribution >= 4 is 38.8 Å². The van der Waals surface area contributed by atoms with Crippen LogP contribution in [0.4, 0.5) is 0 Å². The van der Waals surface area contributed by atoms with Crippen LogP contribution in [0, 0.1) is 6.92 Å². The number of nitrogens with zero attached hydrogens (tertiary/aromatic N) is 2. The largest absolute Gasteiger partial charge is 0.286 e. The summed E-state index contributed by atoms with van der Waals surface area (Å²) in [7, 11) is 0. The van der Waals surface area contributed by atoms with Crippen molar-refractivity contribution in [2.75, 3.05) is 13.1 Å². The molecule has 2 aromatic carbocycles. The van der Waals surface area contributed by atoms with Gasteiger partial charge in [-0.25, -0.2) is 0 Å². The number of hydrogen-bond acceptors (Lipinski definition) is 3. The second-order valence-corrected chi connectivity index (χ2v) is 7.20. The Bertz CT molecular complexity index is 760. The van der Waals surface area contributed by atoms with Crippen molar-refractivity contribution in [1.29, 1.82) is 0 Å². The van der Waals surface area contributed by atoms with Crippen molar-refractivity contribution < 1.29 is 4.79 Å². The van der Waals surface area contributed by atoms with Crippen LogP contribution in [-0.2, 0) is 5.75 Å². The third-order valence-corrected chi connectivity index (χ3v) is 5.29. The summed E-state index contributed by atoms with van der Waals surface area (Å²) in [6, 6.07) is 15.8. The van der Waals surface area contributed by atoms with Crippen molar-refractivity contribution in [3.8, 4) is 0 Å². The van der Waals surface area contributed by atoms with Gasteiger partial charge in [-0.3, -0.25) is 14.7 Å². The molecule has 5 heteroatoms. The van der Waals surface area contributed by atoms with Crippen molar-refractivity contribution in [3.05, 3.63) is 69.7 Å². The lowest BCUT2D eigenvalue weighted by atomic mass is 10.1. The van der Waals surface area contributed by atoms with Gasteiger partial charge < -0.3 is 0 Å². The fourth-order valence-corrected chi connectivity index (χ4v) is 3.95. The number of hydrogen-bond donors (Lipinski definition) is 0. The van der Waals surface area contributed by atoms with Gasteiger partial charge in [0, 0.05) is 22.3 Å². The molecule has 23 heavy (non-hydrogen) atoms. The Morgan fingerprint density at radius 3 is 2.87 bits per heavy atom. The van der Waals surface area contributed by atoms with E-state index < -0.39 is 0 Å². The van der Waals surface area contributed by atoms with E-state index in [1.807, 2.05) is 36.4 Å². The van der Waals surface area contributed by atoms with Gasteiger partial charge >= 0.3 is 0 Å². The first-order valence-electron chi connectivity index (χ1n) is 7.44. The molecule has 0 aliphatic carbocycles. The number of thioether (sulfide) groups is 1. The van der Waals surface area contributed by atoms with Crippen molar-refractivity contribution in [2.45, 2.75) is 12.7 Å². The van der Waals surface area contributed by atoms with E-state index in [-0.39, 0.29) is 5.91 Å². The molecule has 0 radical (unpaired) electrons. The molecule has 0 atom stereocenters. The maximum absolute atomic E-state index is 12.7. The van der Waals surface area contributed by atoms with Crippen LogP contribution in [0.25, 0.3) is 0 Å². The molecular weight excluding hydrogens is 372 g/mol. The first kappa shape index (κ1) is 16.3. The molecule has 1 amide bonds. The molecule has 0 unspecified atom stereocenters. The summed E-state index contributed by atoms with van der Waals surface area (Å²) in [5, 5.41) is 0.818. The molecule has 0 bridgehead atoms. The normalized spacial score (nSPS) is 14.0. The Labute approximate surface area is 148 Å². The molecular formula is C18H17BrN2OS. The highest BCUT2D eigenvalue weighted by atomic mass is 79.9. The topological polar surface area (TPSA) is 32.7 Å². The number of amides is 1. The zero-order valence-corrected chi connectivity index (χ0v) is 15.2. The fraction of sp³-hybridized carbons (Fsp3) is 0.222. The summed E-state index contributed by atoms with van der Waals surface area (Å²) in [5.41, 5.74) is 3.23. The second-order valence-electron chi connectivity index (χ2n) is 5.35. The van der Waals surface area contributed by atoms with Crippen LogP contribution in [0.5, 0.6) is 0 Å². The summed E-state index contributed by atoms with van der Waals surface area (Å²) in [6.45, 7) is 3.44. The molecule has 0 N–H and O–H groups in total. The molecule has 3 rings (SSSR count). The lowest BCUT2D eigenvalue weighted by Gasteiger charge is -2.18. The number of benzene rings is 2. The summed E-state index contributed by atoms with van der Waals surface area (Å²) >= 11 is 5.05. The van der Waals surface area contributed by atoms with Crippen LogP contribution in [0.2, 0.25) is 0 Å². The van der Waals surface area contributed by atoms with Gasteiger partial charge in [-0.15, -0.1) is 0 Å². The van der Waals surface area contributed by atoms with Gasteiger partial charge in [0.1, 0.15) is 0 Å². The Balaban J connectivity index is 1.70. The highest BCUT2D eigenvalue weighted by Crippen LogP contribution is 2.23. The quantitative estimate of drug-likeness (QED) is 0.774. The third kappa shape index (κ3) is 3.85. The molecule has 1 aliphatic heterocycles. The molecule has 0 saturated carbocycles. The van der Waals surface area contributed by atoms with Gasteiger partial charge in [-0.05, 0) is 36.2 Å². The van der Waals surface area contributed by atoms with Gasteiger partial charge in [-0.1, -0.05) is 58.0 Å². The summed E-state index contributed by atoms with van der Waals surface area (Å²) in [6.07, 6.45) is 0. The van der Waals surface area contributed by atoms with Crippen LogP contribution in [0.3, 0.4) is 0 Å². The zero-order valence-electron chi connectivity index (χ0n) is 12.8. The predicted molar refractivity (Wildman–Crippen MR) is 100.0 cm³/mol. The minimum Gasteiger partial charge on any atom is -0.286 e. The maximum Gasteiger partial charge on any atom is 0.259 e. The molecule has 2 aromatic rings. The molecule has 1 heterocycles. The number of aryl methyl sites for hydroxylation is 1. The molecule has 0 aromatic heterocycles. The van der Waals surface area contributed by atoms with E-state index in [0.717, 1.165) is 15.4 Å². The van der Waals surface area contributed by atoms with Crippen LogP contribution < -0.4 is 0 Å². The second kappa shape index (κ2) is 7.32. The minimum absolute atomic E-state index is 0.0137. The average molecular weight is 389 g/mol. The lowest BCUT2D eigenvalue weighted by Crippen LogP contribution is -2.32. The smallest absolute Gasteiger partial charge is 0.259 e. The Morgan fingerprint density at radius 1 is 1.26 bits per heavy atom. The monoisotopic (exact) mass is 388 g/mol. The Kier molecular flexibility index (Phi) is 5.18. The molecule has 118 valence electrons. The molecule has 0 saturated heterocycles. The lowest BCUT2D eigenvalue weighted by molar-refractivity contribution is 0.0860. The number of carbonyl (C=O) groups excluding carboxylic acids is 1.